The van der Waals surface area contributed by atoms with Gasteiger partial charge in [-0.1, -0.05) is 0 Å². The van der Waals surface area contributed by atoms with Gasteiger partial charge in [0.2, 0.25) is 5.91 Å². The number of nitrogens with one attached hydrogen (secondary N) is 1. The first-order valence-corrected chi connectivity index (χ1v) is 6.61. The molecule has 1 aliphatic heterocycles. The molecule has 5 nitrogen and oxygen atoms in total. The molecule has 0 aromatic carbocycles. The van der Waals surface area contributed by atoms with Gasteiger partial charge in [0, 0.05) is 46.9 Å². The quantitative estimate of drug-likeness (QED) is 0.717. The molecule has 1 saturated heterocycles. The fraction of sp³-hybridized carbons (Fsp3) is 0.917. The molecule has 1 N–H and O–H groups in total. The van der Waals surface area contributed by atoms with Crippen molar-refractivity contribution in [2.24, 2.45) is 0 Å². The number of carbonyl (C=O) groups is 1. The molecule has 0 aromatic rings. The predicted molar refractivity (Wildman–Crippen MR) is 68.4 cm³/mol. The van der Waals surface area contributed by atoms with Gasteiger partial charge in [-0.25, -0.2) is 0 Å². The number of piperazine rings is 1. The minimum absolute atomic E-state index is 0.00779. The lowest BCUT2D eigenvalue weighted by Gasteiger charge is -2.36. The summed E-state index contributed by atoms with van der Waals surface area (Å²) >= 11 is 0. The van der Waals surface area contributed by atoms with Crippen molar-refractivity contribution < 1.29 is 22.7 Å². The number of amides is 1. The second kappa shape index (κ2) is 7.80. The van der Waals surface area contributed by atoms with E-state index < -0.39 is 12.8 Å². The molecule has 1 aliphatic rings. The van der Waals surface area contributed by atoms with Gasteiger partial charge >= 0.3 is 6.18 Å². The maximum absolute atomic E-state index is 12.0. The van der Waals surface area contributed by atoms with E-state index in [9.17, 15) is 18.0 Å². The van der Waals surface area contributed by atoms with Crippen molar-refractivity contribution in [3.63, 3.8) is 0 Å². The highest BCUT2D eigenvalue weighted by Crippen LogP contribution is 2.14. The summed E-state index contributed by atoms with van der Waals surface area (Å²) in [6.45, 7) is 1.45. The van der Waals surface area contributed by atoms with E-state index in [0.29, 0.717) is 26.1 Å². The van der Waals surface area contributed by atoms with Gasteiger partial charge in [0.1, 0.15) is 12.6 Å². The van der Waals surface area contributed by atoms with Crippen LogP contribution in [-0.4, -0.2) is 81.4 Å². The number of halogens is 3. The summed E-state index contributed by atoms with van der Waals surface area (Å²) in [5, 5.41) is 3.15. The molecule has 1 fully saturated rings. The highest BCUT2D eigenvalue weighted by molar-refractivity contribution is 5.81. The third-order valence-electron chi connectivity index (χ3n) is 3.08. The van der Waals surface area contributed by atoms with E-state index in [-0.39, 0.29) is 18.6 Å². The molecule has 1 heterocycles. The summed E-state index contributed by atoms with van der Waals surface area (Å²) in [4.78, 5) is 15.5. The van der Waals surface area contributed by atoms with Crippen molar-refractivity contribution in [3.8, 4) is 0 Å². The van der Waals surface area contributed by atoms with Gasteiger partial charge < -0.3 is 15.0 Å². The van der Waals surface area contributed by atoms with Crippen LogP contribution in [0.5, 0.6) is 0 Å². The normalized spacial score (nSPS) is 20.9. The van der Waals surface area contributed by atoms with Crippen LogP contribution < -0.4 is 5.32 Å². The van der Waals surface area contributed by atoms with Gasteiger partial charge in [-0.15, -0.1) is 0 Å². The molecular weight excluding hydrogens is 275 g/mol. The summed E-state index contributed by atoms with van der Waals surface area (Å²) in [6.07, 6.45) is -3.80. The van der Waals surface area contributed by atoms with Gasteiger partial charge in [-0.2, -0.15) is 13.2 Å². The summed E-state index contributed by atoms with van der Waals surface area (Å²) in [5.41, 5.74) is 0. The van der Waals surface area contributed by atoms with Crippen LogP contribution in [0, 0.1) is 0 Å². The van der Waals surface area contributed by atoms with Crippen molar-refractivity contribution in [2.75, 3.05) is 53.5 Å². The van der Waals surface area contributed by atoms with E-state index in [0.717, 1.165) is 6.54 Å². The van der Waals surface area contributed by atoms with Crippen molar-refractivity contribution in [3.05, 3.63) is 0 Å². The Morgan fingerprint density at radius 3 is 2.75 bits per heavy atom. The summed E-state index contributed by atoms with van der Waals surface area (Å²) < 4.78 is 40.3. The van der Waals surface area contributed by atoms with Gasteiger partial charge in [-0.3, -0.25) is 9.69 Å². The first kappa shape index (κ1) is 17.2. The Bertz CT molecular complexity index is 311. The monoisotopic (exact) mass is 297 g/mol. The standard InChI is InChI=1S/C12H22F3N3O2/c1-17(2)11(19)10-8-16-4-6-18(10)5-3-7-20-9-12(13,14)15/h10,16H,3-9H2,1-2H3. The van der Waals surface area contributed by atoms with Crippen LogP contribution in [0.1, 0.15) is 6.42 Å². The molecule has 0 bridgehead atoms. The van der Waals surface area contributed by atoms with E-state index >= 15 is 0 Å². The molecular formula is C12H22F3N3O2. The maximum Gasteiger partial charge on any atom is 0.411 e. The lowest BCUT2D eigenvalue weighted by Crippen LogP contribution is -2.57. The van der Waals surface area contributed by atoms with Gasteiger partial charge in [0.25, 0.3) is 0 Å². The van der Waals surface area contributed by atoms with Crippen LogP contribution in [0.2, 0.25) is 0 Å². The van der Waals surface area contributed by atoms with E-state index in [2.05, 4.69) is 10.1 Å². The van der Waals surface area contributed by atoms with Crippen LogP contribution in [0.25, 0.3) is 0 Å². The van der Waals surface area contributed by atoms with E-state index in [1.807, 2.05) is 4.90 Å². The Kier molecular flexibility index (Phi) is 6.70. The third-order valence-corrected chi connectivity index (χ3v) is 3.08. The number of rotatable bonds is 6. The largest absolute Gasteiger partial charge is 0.411 e. The van der Waals surface area contributed by atoms with Gasteiger partial charge in [-0.05, 0) is 6.42 Å². The molecule has 1 unspecified atom stereocenters. The molecule has 1 atom stereocenters. The molecule has 0 aliphatic carbocycles. The Morgan fingerprint density at radius 2 is 2.15 bits per heavy atom. The number of ether oxygens (including phenoxy) is 1. The third kappa shape index (κ3) is 6.06. The fourth-order valence-electron chi connectivity index (χ4n) is 2.11. The molecule has 1 amide bonds. The van der Waals surface area contributed by atoms with E-state index in [1.54, 1.807) is 14.1 Å². The summed E-state index contributed by atoms with van der Waals surface area (Å²) in [7, 11) is 3.39. The van der Waals surface area contributed by atoms with Crippen molar-refractivity contribution in [1.82, 2.24) is 15.1 Å². The number of alkyl halides is 3. The molecule has 0 spiro atoms. The van der Waals surface area contributed by atoms with E-state index in [1.165, 1.54) is 4.90 Å². The number of carbonyl (C=O) groups excluding carboxylic acids is 1. The Balaban J connectivity index is 2.31. The number of hydrogen-bond acceptors (Lipinski definition) is 4. The average molecular weight is 297 g/mol. The van der Waals surface area contributed by atoms with Crippen LogP contribution in [-0.2, 0) is 9.53 Å². The number of nitrogens with zero attached hydrogens (tertiary/aromatic N) is 2. The second-order valence-electron chi connectivity index (χ2n) is 5.01. The number of hydrogen-bond donors (Lipinski definition) is 1. The van der Waals surface area contributed by atoms with Gasteiger partial charge in [0.05, 0.1) is 0 Å². The highest BCUT2D eigenvalue weighted by atomic mass is 19.4. The van der Waals surface area contributed by atoms with Crippen LogP contribution in [0.3, 0.4) is 0 Å². The number of likely N-dealkylation sites (N-methyl/N-ethyl adjacent to an activating group) is 1. The minimum Gasteiger partial charge on any atom is -0.372 e. The predicted octanol–water partition coefficient (Wildman–Crippen LogP) is 0.317. The highest BCUT2D eigenvalue weighted by Gasteiger charge is 2.30. The molecule has 0 saturated carbocycles. The van der Waals surface area contributed by atoms with Crippen molar-refractivity contribution >= 4 is 5.91 Å². The zero-order chi connectivity index (χ0) is 15.2. The van der Waals surface area contributed by atoms with E-state index in [4.69, 9.17) is 0 Å². The zero-order valence-electron chi connectivity index (χ0n) is 11.9. The van der Waals surface area contributed by atoms with Crippen molar-refractivity contribution in [2.45, 2.75) is 18.6 Å². The van der Waals surface area contributed by atoms with Crippen molar-refractivity contribution in [1.29, 1.82) is 0 Å². The maximum atomic E-state index is 12.0. The Labute approximate surface area is 117 Å². The summed E-state index contributed by atoms with van der Waals surface area (Å²) in [5.74, 6) is 0.00779. The van der Waals surface area contributed by atoms with Crippen LogP contribution in [0.4, 0.5) is 13.2 Å². The lowest BCUT2D eigenvalue weighted by atomic mass is 10.1. The molecule has 20 heavy (non-hydrogen) atoms. The second-order valence-corrected chi connectivity index (χ2v) is 5.01. The molecule has 118 valence electrons. The smallest absolute Gasteiger partial charge is 0.372 e. The Hall–Kier alpha value is -0.860. The Morgan fingerprint density at radius 1 is 1.45 bits per heavy atom. The SMILES string of the molecule is CN(C)C(=O)C1CNCCN1CCCOCC(F)(F)F. The average Bonchev–Trinajstić information content (AvgIpc) is 2.36. The lowest BCUT2D eigenvalue weighted by molar-refractivity contribution is -0.174. The fourth-order valence-corrected chi connectivity index (χ4v) is 2.11. The summed E-state index contributed by atoms with van der Waals surface area (Å²) in [6, 6.07) is -0.249. The topological polar surface area (TPSA) is 44.8 Å². The van der Waals surface area contributed by atoms with Crippen LogP contribution in [0.15, 0.2) is 0 Å². The molecule has 8 heteroatoms. The minimum atomic E-state index is -4.28. The molecule has 0 aromatic heterocycles. The zero-order valence-corrected chi connectivity index (χ0v) is 11.9. The molecule has 0 radical (unpaired) electrons. The first-order valence-electron chi connectivity index (χ1n) is 6.61. The first-order chi connectivity index (χ1) is 9.31. The van der Waals surface area contributed by atoms with Gasteiger partial charge in [0.15, 0.2) is 0 Å². The van der Waals surface area contributed by atoms with Crippen LogP contribution >= 0.6 is 0 Å². The molecule has 1 rings (SSSR count).